The topological polar surface area (TPSA) is 27.1 Å². The Labute approximate surface area is 79.5 Å². The smallest absolute Gasteiger partial charge is 0.435 e. The van der Waals surface area contributed by atoms with Crippen molar-refractivity contribution in [1.82, 2.24) is 9.78 Å². The average Bonchev–Trinajstić information content (AvgIpc) is 2.43. The number of ether oxygens (including phenoxy) is 1. The van der Waals surface area contributed by atoms with Crippen LogP contribution in [-0.2, 0) is 13.2 Å². The quantitative estimate of drug-likeness (QED) is 0.761. The molecule has 1 aromatic rings. The number of hydrogen-bond acceptors (Lipinski definition) is 2. The first-order chi connectivity index (χ1) is 6.45. The third-order valence-electron chi connectivity index (χ3n) is 1.58. The van der Waals surface area contributed by atoms with Crippen molar-refractivity contribution in [3.05, 3.63) is 11.8 Å². The molecule has 0 aliphatic rings. The van der Waals surface area contributed by atoms with E-state index < -0.39 is 11.9 Å². The van der Waals surface area contributed by atoms with Gasteiger partial charge >= 0.3 is 6.18 Å². The van der Waals surface area contributed by atoms with Gasteiger partial charge in [-0.1, -0.05) is 6.92 Å². The molecule has 1 aromatic heterocycles. The van der Waals surface area contributed by atoms with E-state index in [9.17, 15) is 13.2 Å². The highest BCUT2D eigenvalue weighted by Gasteiger charge is 2.34. The van der Waals surface area contributed by atoms with Gasteiger partial charge in [0, 0.05) is 13.1 Å². The summed E-state index contributed by atoms with van der Waals surface area (Å²) in [7, 11) is 1.42. The van der Waals surface area contributed by atoms with Gasteiger partial charge in [0.1, 0.15) is 0 Å². The molecule has 0 N–H and O–H groups in total. The second kappa shape index (κ2) is 3.89. The molecule has 6 heteroatoms. The lowest BCUT2D eigenvalue weighted by Gasteiger charge is -2.02. The summed E-state index contributed by atoms with van der Waals surface area (Å²) < 4.78 is 42.7. The highest BCUT2D eigenvalue weighted by atomic mass is 19.4. The van der Waals surface area contributed by atoms with Gasteiger partial charge in [0.2, 0.25) is 5.88 Å². The van der Waals surface area contributed by atoms with Gasteiger partial charge in [-0.05, 0) is 6.42 Å². The van der Waals surface area contributed by atoms with Crippen LogP contribution >= 0.6 is 0 Å². The largest absolute Gasteiger partial charge is 0.478 e. The van der Waals surface area contributed by atoms with Crippen molar-refractivity contribution in [3.8, 4) is 5.88 Å². The first-order valence-corrected chi connectivity index (χ1v) is 4.19. The zero-order chi connectivity index (χ0) is 10.8. The SMILES string of the molecule is CCCOc1cc(C(F)(F)F)nn1C. The highest BCUT2D eigenvalue weighted by molar-refractivity contribution is 5.18. The van der Waals surface area contributed by atoms with Crippen LogP contribution in [-0.4, -0.2) is 16.4 Å². The Hall–Kier alpha value is -1.20. The Bertz CT molecular complexity index is 306. The van der Waals surface area contributed by atoms with E-state index in [2.05, 4.69) is 5.10 Å². The van der Waals surface area contributed by atoms with Crippen molar-refractivity contribution in [3.63, 3.8) is 0 Å². The van der Waals surface area contributed by atoms with Crippen LogP contribution in [0.1, 0.15) is 19.0 Å². The maximum atomic E-state index is 12.2. The van der Waals surface area contributed by atoms with E-state index in [-0.39, 0.29) is 5.88 Å². The van der Waals surface area contributed by atoms with Gasteiger partial charge < -0.3 is 4.74 Å². The van der Waals surface area contributed by atoms with Crippen LogP contribution < -0.4 is 4.74 Å². The molecule has 14 heavy (non-hydrogen) atoms. The number of alkyl halides is 3. The van der Waals surface area contributed by atoms with E-state index in [1.165, 1.54) is 7.05 Å². The lowest BCUT2D eigenvalue weighted by Crippen LogP contribution is -2.06. The first-order valence-electron chi connectivity index (χ1n) is 4.19. The summed E-state index contributed by atoms with van der Waals surface area (Å²) in [5.74, 6) is 0.138. The van der Waals surface area contributed by atoms with E-state index in [1.807, 2.05) is 6.92 Å². The summed E-state index contributed by atoms with van der Waals surface area (Å²) in [6.45, 7) is 2.26. The van der Waals surface area contributed by atoms with Crippen molar-refractivity contribution in [1.29, 1.82) is 0 Å². The van der Waals surface area contributed by atoms with Gasteiger partial charge in [0.25, 0.3) is 0 Å². The molecule has 0 spiro atoms. The van der Waals surface area contributed by atoms with Crippen LogP contribution in [0.3, 0.4) is 0 Å². The summed E-state index contributed by atoms with van der Waals surface area (Å²) in [4.78, 5) is 0. The molecule has 0 aromatic carbocycles. The summed E-state index contributed by atoms with van der Waals surface area (Å²) in [5.41, 5.74) is -0.925. The Balaban J connectivity index is 2.82. The molecule has 0 saturated heterocycles. The van der Waals surface area contributed by atoms with E-state index >= 15 is 0 Å². The van der Waals surface area contributed by atoms with Crippen molar-refractivity contribution < 1.29 is 17.9 Å². The lowest BCUT2D eigenvalue weighted by atomic mass is 10.4. The number of rotatable bonds is 3. The lowest BCUT2D eigenvalue weighted by molar-refractivity contribution is -0.141. The maximum absolute atomic E-state index is 12.2. The Kier molecular flexibility index (Phi) is 3.03. The zero-order valence-corrected chi connectivity index (χ0v) is 7.93. The molecule has 0 amide bonds. The molecule has 0 bridgehead atoms. The minimum Gasteiger partial charge on any atom is -0.478 e. The summed E-state index contributed by atoms with van der Waals surface area (Å²) in [6.07, 6.45) is -3.67. The van der Waals surface area contributed by atoms with Gasteiger partial charge in [-0.25, -0.2) is 4.68 Å². The number of hydrogen-bond donors (Lipinski definition) is 0. The zero-order valence-electron chi connectivity index (χ0n) is 7.93. The minimum atomic E-state index is -4.41. The summed E-state index contributed by atoms with van der Waals surface area (Å²) in [6, 6.07) is 0.898. The molecule has 0 aliphatic heterocycles. The molecule has 1 rings (SSSR count). The van der Waals surface area contributed by atoms with Gasteiger partial charge in [-0.2, -0.15) is 18.3 Å². The predicted molar refractivity (Wildman–Crippen MR) is 44.0 cm³/mol. The molecule has 3 nitrogen and oxygen atoms in total. The van der Waals surface area contributed by atoms with Crippen LogP contribution in [0.25, 0.3) is 0 Å². The fourth-order valence-corrected chi connectivity index (χ4v) is 0.930. The predicted octanol–water partition coefficient (Wildman–Crippen LogP) is 2.23. The number of aromatic nitrogens is 2. The third kappa shape index (κ3) is 2.40. The van der Waals surface area contributed by atoms with Crippen LogP contribution in [0.2, 0.25) is 0 Å². The number of halogens is 3. The van der Waals surface area contributed by atoms with Crippen LogP contribution in [0.4, 0.5) is 13.2 Å². The molecule has 0 aliphatic carbocycles. The molecular weight excluding hydrogens is 197 g/mol. The monoisotopic (exact) mass is 208 g/mol. The second-order valence-electron chi connectivity index (χ2n) is 2.84. The van der Waals surface area contributed by atoms with Gasteiger partial charge in [0.05, 0.1) is 6.61 Å². The number of aryl methyl sites for hydroxylation is 1. The van der Waals surface area contributed by atoms with Crippen LogP contribution in [0.15, 0.2) is 6.07 Å². The summed E-state index contributed by atoms with van der Waals surface area (Å²) in [5, 5.41) is 3.30. The Morgan fingerprint density at radius 3 is 2.57 bits per heavy atom. The maximum Gasteiger partial charge on any atom is 0.435 e. The Morgan fingerprint density at radius 2 is 2.14 bits per heavy atom. The van der Waals surface area contributed by atoms with Crippen molar-refractivity contribution in [2.45, 2.75) is 19.5 Å². The number of nitrogens with zero attached hydrogens (tertiary/aromatic N) is 2. The standard InChI is InChI=1S/C8H11F3N2O/c1-3-4-14-7-5-6(8(9,10)11)12-13(7)2/h5H,3-4H2,1-2H3. The van der Waals surface area contributed by atoms with Gasteiger partial charge in [-0.3, -0.25) is 0 Å². The molecule has 0 fully saturated rings. The molecule has 1 heterocycles. The van der Waals surface area contributed by atoms with E-state index in [0.29, 0.717) is 6.61 Å². The van der Waals surface area contributed by atoms with Gasteiger partial charge in [-0.15, -0.1) is 0 Å². The first kappa shape index (κ1) is 10.9. The Morgan fingerprint density at radius 1 is 1.50 bits per heavy atom. The van der Waals surface area contributed by atoms with E-state index in [4.69, 9.17) is 4.74 Å². The van der Waals surface area contributed by atoms with E-state index in [1.54, 1.807) is 0 Å². The molecule has 0 saturated carbocycles. The normalized spacial score (nSPS) is 11.8. The summed E-state index contributed by atoms with van der Waals surface area (Å²) >= 11 is 0. The van der Waals surface area contributed by atoms with Crippen molar-refractivity contribution in [2.24, 2.45) is 7.05 Å². The molecule has 0 atom stereocenters. The van der Waals surface area contributed by atoms with E-state index in [0.717, 1.165) is 17.2 Å². The average molecular weight is 208 g/mol. The fraction of sp³-hybridized carbons (Fsp3) is 0.625. The molecular formula is C8H11F3N2O. The molecule has 0 unspecified atom stereocenters. The second-order valence-corrected chi connectivity index (χ2v) is 2.84. The molecule has 0 radical (unpaired) electrons. The minimum absolute atomic E-state index is 0.138. The van der Waals surface area contributed by atoms with Gasteiger partial charge in [0.15, 0.2) is 5.69 Å². The fourth-order valence-electron chi connectivity index (χ4n) is 0.930. The molecule has 80 valence electrons. The van der Waals surface area contributed by atoms with Crippen LogP contribution in [0.5, 0.6) is 5.88 Å². The van der Waals surface area contributed by atoms with Crippen molar-refractivity contribution in [2.75, 3.05) is 6.61 Å². The third-order valence-corrected chi connectivity index (χ3v) is 1.58. The highest BCUT2D eigenvalue weighted by Crippen LogP contribution is 2.30. The van der Waals surface area contributed by atoms with Crippen LogP contribution in [0, 0.1) is 0 Å². The van der Waals surface area contributed by atoms with Crippen molar-refractivity contribution >= 4 is 0 Å².